The Labute approximate surface area is 866 Å². The number of benzene rings is 9. The number of carbonyl (C=O) groups excluding carboxylic acids is 9. The molecule has 49 heteroatoms. The summed E-state index contributed by atoms with van der Waals surface area (Å²) in [6, 6.07) is 57.0. The van der Waals surface area contributed by atoms with E-state index >= 15 is 0 Å². The fourth-order valence-electron chi connectivity index (χ4n) is 14.8. The van der Waals surface area contributed by atoms with Crippen molar-refractivity contribution in [2.45, 2.75) is 160 Å². The van der Waals surface area contributed by atoms with Gasteiger partial charge in [-0.1, -0.05) is 123 Å². The van der Waals surface area contributed by atoms with Crippen LogP contribution >= 0.6 is 23.8 Å². The van der Waals surface area contributed by atoms with Gasteiger partial charge in [0.15, 0.2) is 0 Å². The van der Waals surface area contributed by atoms with Gasteiger partial charge in [0.05, 0.1) is 68.2 Å². The molecule has 0 aliphatic carbocycles. The number of nitrogens with one attached hydrogen (secondary N) is 9. The summed E-state index contributed by atoms with van der Waals surface area (Å²) in [4.78, 5) is 186. The van der Waals surface area contributed by atoms with Crippen molar-refractivity contribution in [1.82, 2.24) is 47.9 Å². The van der Waals surface area contributed by atoms with Crippen LogP contribution in [-0.4, -0.2) is 266 Å². The van der Waals surface area contributed by atoms with Gasteiger partial charge >= 0.3 is 17.9 Å². The standard InChI is InChI=1S/C36H44N3O13P.C33H40N3O13P.C32H40N3O10PS/c1-23(3-2-20-50-47)37-34(44)24-4-12-29(13-5-24)53(30-14-6-25(7-15-30)35(45)38-27(21-51-48)10-18-32(40)41)31-16-8-26(9-17-31)36(46)39-28(22-52-49)11-19-33(42)43;1-21(18-30(37)38)34-31(39)22-2-8-27(9-3-22)50(28-10-4-23(5-11-28)32(40)35-25(19-48-44)14-16-46-42)29-12-6-24(7-13-29)33(41)36-26(20-49-45)15-17-47-43;1-4-25(18-44-39)34-31(37)23-8-14-28(15-9-23)46(29-16-10-24(11-17-29)32(38)35-26(5-2)19-45-40)27-12-6-22(7-13-27)30(36)33-21(3)20-47(41,42)43/h4-9,12-17,23,27-28,47-49H,2-3,10-11,18-22H2,1H3,(H,37,44)(H,38,45)(H,39,46)(H,40,41)(H,42,43);2-13,21,25-26,42-45H,14-20H2,1H3,(H,34,39)(H,35,40)(H,36,41)(H,37,38);6-17,21,25-26,39-40H,4-5,18-20H2,1-3H3,(H,33,36)(H,34,37)(H,35,38)(H,41,42,43). The summed E-state index contributed by atoms with van der Waals surface area (Å²) in [5.74, 6) is -7.49. The van der Waals surface area contributed by atoms with Gasteiger partial charge in [0, 0.05) is 81.0 Å². The summed E-state index contributed by atoms with van der Waals surface area (Å²) >= 11 is 0. The van der Waals surface area contributed by atoms with Gasteiger partial charge in [0.25, 0.3) is 63.3 Å². The lowest BCUT2D eigenvalue weighted by atomic mass is 10.1. The predicted octanol–water partition coefficient (Wildman–Crippen LogP) is 7.16. The van der Waals surface area contributed by atoms with Gasteiger partial charge in [0.2, 0.25) is 0 Å². The topological polar surface area (TPSA) is 693 Å². The van der Waals surface area contributed by atoms with Crippen LogP contribution in [0.1, 0.15) is 198 Å². The molecular weight excluding hydrogens is 2040 g/mol. The van der Waals surface area contributed by atoms with Crippen LogP contribution in [0.4, 0.5) is 0 Å². The molecule has 0 saturated heterocycles. The Morgan fingerprint density at radius 2 is 0.447 bits per heavy atom. The highest BCUT2D eigenvalue weighted by Crippen LogP contribution is 2.37. The van der Waals surface area contributed by atoms with Crippen LogP contribution < -0.4 is 95.6 Å². The minimum absolute atomic E-state index is 0.0403. The number of hydrogen-bond donors (Lipinski definition) is 22. The molecule has 0 aliphatic rings. The minimum Gasteiger partial charge on any atom is -0.481 e. The highest BCUT2D eigenvalue weighted by atomic mass is 32.2. The van der Waals surface area contributed by atoms with Crippen molar-refractivity contribution < 1.29 is 177 Å². The Balaban J connectivity index is 0.000000305. The molecule has 9 rings (SSSR count). The summed E-state index contributed by atoms with van der Waals surface area (Å²) in [6.45, 7) is 7.53. The van der Waals surface area contributed by atoms with E-state index in [1.807, 2.05) is 57.2 Å². The molecule has 0 aliphatic heterocycles. The van der Waals surface area contributed by atoms with Gasteiger partial charge < -0.3 is 63.2 Å². The van der Waals surface area contributed by atoms with Crippen LogP contribution in [-0.2, 0) is 68.5 Å². The zero-order valence-electron chi connectivity index (χ0n) is 82.3. The van der Waals surface area contributed by atoms with Crippen molar-refractivity contribution >= 4 is 153 Å². The average molecular weight is 2170 g/mol. The van der Waals surface area contributed by atoms with E-state index in [4.69, 9.17) is 67.2 Å². The van der Waals surface area contributed by atoms with Crippen molar-refractivity contribution in [3.8, 4) is 0 Å². The summed E-state index contributed by atoms with van der Waals surface area (Å²) in [6.07, 6.45) is 2.04. The van der Waals surface area contributed by atoms with Gasteiger partial charge in [-0.15, -0.1) is 0 Å². The van der Waals surface area contributed by atoms with Gasteiger partial charge in [0.1, 0.15) is 39.6 Å². The minimum atomic E-state index is -4.26. The monoisotopic (exact) mass is 2160 g/mol. The summed E-state index contributed by atoms with van der Waals surface area (Å²) in [5.41, 5.74) is 3.08. The molecule has 9 atom stereocenters. The van der Waals surface area contributed by atoms with Gasteiger partial charge in [-0.05, 0) is 253 Å². The lowest BCUT2D eigenvalue weighted by molar-refractivity contribution is -0.257. The van der Waals surface area contributed by atoms with Crippen LogP contribution in [0.25, 0.3) is 0 Å². The van der Waals surface area contributed by atoms with Gasteiger partial charge in [-0.2, -0.15) is 8.42 Å². The van der Waals surface area contributed by atoms with Crippen LogP contribution in [0.3, 0.4) is 0 Å². The van der Waals surface area contributed by atoms with E-state index in [1.165, 1.54) is 6.92 Å². The van der Waals surface area contributed by atoms with Crippen LogP contribution in [0, 0.1) is 0 Å². The molecule has 9 unspecified atom stereocenters. The molecule has 0 bridgehead atoms. The maximum atomic E-state index is 13.0. The number of amides is 9. The largest absolute Gasteiger partial charge is 0.481 e. The number of hydrogen-bond acceptors (Lipinski definition) is 32. The second-order valence-electron chi connectivity index (χ2n) is 34.1. The summed E-state index contributed by atoms with van der Waals surface area (Å²) < 4.78 is 31.4. The fourth-order valence-corrected chi connectivity index (χ4v) is 22.2. The molecule has 9 amide bonds. The maximum Gasteiger partial charge on any atom is 0.305 e. The smallest absolute Gasteiger partial charge is 0.305 e. The molecule has 810 valence electrons. The first kappa shape index (κ1) is 124. The maximum absolute atomic E-state index is 13.0. The van der Waals surface area contributed by atoms with E-state index in [2.05, 4.69) is 91.8 Å². The second kappa shape index (κ2) is 65.9. The van der Waals surface area contributed by atoms with E-state index in [0.717, 1.165) is 47.7 Å². The normalized spacial score (nSPS) is 13.6. The SMILES string of the molecule is CC(CC(=O)O)NC(=O)c1ccc(P(c2ccc(C(=O)NC(CCOO)COO)cc2)c2ccc(C(=O)NC(CCOO)COO)cc2)cc1.CC(CCCOO)NC(=O)c1ccc(P(c2ccc(C(=O)NC(CCC(=O)O)COO)cc2)c2ccc(C(=O)NC(CCC(=O)O)COO)cc2)cc1.CCC(COO)NC(=O)c1ccc(P(c2ccc(C(=O)NC(C)CS(=O)(=O)O)cc2)c2ccc(C(=O)NC(CC)COO)cc2)cc1. The lowest BCUT2D eigenvalue weighted by Crippen LogP contribution is -2.39. The number of carbonyl (C=O) groups is 12. The van der Waals surface area contributed by atoms with E-state index in [9.17, 15) is 66.0 Å². The zero-order chi connectivity index (χ0) is 110. The molecule has 0 saturated carbocycles. The van der Waals surface area contributed by atoms with Crippen molar-refractivity contribution in [2.24, 2.45) is 0 Å². The number of carboxylic acid groups (broad SMARTS) is 3. The number of rotatable bonds is 61. The second-order valence-corrected chi connectivity index (χ2v) is 42.3. The van der Waals surface area contributed by atoms with Crippen LogP contribution in [0.5, 0.6) is 0 Å². The van der Waals surface area contributed by atoms with Gasteiger partial charge in [-0.3, -0.25) is 109 Å². The van der Waals surface area contributed by atoms with Crippen LogP contribution in [0.15, 0.2) is 218 Å². The molecule has 9 aromatic rings. The lowest BCUT2D eigenvalue weighted by Gasteiger charge is -2.21. The molecule has 0 fully saturated rings. The number of aliphatic carboxylic acids is 3. The van der Waals surface area contributed by atoms with E-state index in [-0.39, 0.29) is 151 Å². The Kier molecular flexibility index (Phi) is 54.5. The Hall–Kier alpha value is -12.9. The molecule has 9 aromatic carbocycles. The van der Waals surface area contributed by atoms with Crippen molar-refractivity contribution in [1.29, 1.82) is 0 Å². The Morgan fingerprint density at radius 1 is 0.253 bits per heavy atom. The van der Waals surface area contributed by atoms with E-state index in [1.54, 1.807) is 189 Å². The van der Waals surface area contributed by atoms with Crippen molar-refractivity contribution in [2.75, 3.05) is 65.2 Å². The molecular formula is C101H124N9O36P3S. The average Bonchev–Trinajstić information content (AvgIpc) is 0.802. The fraction of sp³-hybridized carbons (Fsp3) is 0.347. The first-order valence-corrected chi connectivity index (χ1v) is 52.6. The van der Waals surface area contributed by atoms with Gasteiger partial charge in [-0.25, -0.2) is 44.0 Å². The molecule has 0 heterocycles. The Morgan fingerprint density at radius 3 is 0.640 bits per heavy atom. The number of carboxylic acids is 3. The quantitative estimate of drug-likeness (QED) is 0.00591. The van der Waals surface area contributed by atoms with Crippen LogP contribution in [0.2, 0.25) is 0 Å². The molecule has 0 aromatic heterocycles. The third kappa shape index (κ3) is 42.5. The summed E-state index contributed by atoms with van der Waals surface area (Å²) in [5, 5.41) is 138. The summed E-state index contributed by atoms with van der Waals surface area (Å²) in [7, 11) is -8.11. The molecule has 0 spiro atoms. The molecule has 150 heavy (non-hydrogen) atoms. The molecule has 45 nitrogen and oxygen atoms in total. The van der Waals surface area contributed by atoms with Crippen molar-refractivity contribution in [3.05, 3.63) is 268 Å². The third-order valence-electron chi connectivity index (χ3n) is 22.6. The first-order valence-electron chi connectivity index (χ1n) is 47.0. The van der Waals surface area contributed by atoms with Crippen molar-refractivity contribution in [3.63, 3.8) is 0 Å². The van der Waals surface area contributed by atoms with E-state index in [0.29, 0.717) is 64.6 Å². The zero-order valence-corrected chi connectivity index (χ0v) is 85.8. The predicted molar refractivity (Wildman–Crippen MR) is 552 cm³/mol. The highest BCUT2D eigenvalue weighted by Gasteiger charge is 2.29. The third-order valence-corrected chi connectivity index (χ3v) is 30.9. The Bertz CT molecular complexity index is 5660. The highest BCUT2D eigenvalue weighted by molar-refractivity contribution is 7.85. The molecule has 22 N–H and O–H groups in total. The first-order chi connectivity index (χ1) is 71.9. The van der Waals surface area contributed by atoms with E-state index < -0.39 is 129 Å². The molecule has 0 radical (unpaired) electrons.